The van der Waals surface area contributed by atoms with Crippen molar-refractivity contribution in [3.8, 4) is 11.5 Å². The second kappa shape index (κ2) is 8.04. The number of rotatable bonds is 6. The first-order chi connectivity index (χ1) is 11.0. The van der Waals surface area contributed by atoms with Gasteiger partial charge < -0.3 is 14.4 Å². The monoisotopic (exact) mass is 351 g/mol. The standard InChI is InChI=1S/C17H18ClNO3S/c1-19(11-15-5-6-16(18)23-15)17(20)7-4-12-8-13(21-2)10-14(9-12)22-3/h4-10H,11H2,1-3H3/b7-4+. The first-order valence-corrected chi connectivity index (χ1v) is 8.11. The van der Waals surface area contributed by atoms with Crippen LogP contribution < -0.4 is 9.47 Å². The summed E-state index contributed by atoms with van der Waals surface area (Å²) in [6.45, 7) is 0.530. The van der Waals surface area contributed by atoms with Crippen molar-refractivity contribution in [3.05, 3.63) is 51.2 Å². The lowest BCUT2D eigenvalue weighted by Crippen LogP contribution is -2.23. The lowest BCUT2D eigenvalue weighted by Gasteiger charge is -2.13. The van der Waals surface area contributed by atoms with E-state index in [4.69, 9.17) is 21.1 Å². The minimum atomic E-state index is -0.0868. The van der Waals surface area contributed by atoms with Crippen molar-refractivity contribution >= 4 is 34.9 Å². The first kappa shape index (κ1) is 17.4. The Bertz CT molecular complexity index is 689. The lowest BCUT2D eigenvalue weighted by molar-refractivity contribution is -0.125. The minimum Gasteiger partial charge on any atom is -0.497 e. The molecule has 0 unspecified atom stereocenters. The van der Waals surface area contributed by atoms with Crippen LogP contribution in [0.25, 0.3) is 6.08 Å². The van der Waals surface area contributed by atoms with E-state index in [0.717, 1.165) is 14.8 Å². The molecule has 4 nitrogen and oxygen atoms in total. The summed E-state index contributed by atoms with van der Waals surface area (Å²) >= 11 is 7.37. The maximum absolute atomic E-state index is 12.2. The third-order valence-corrected chi connectivity index (χ3v) is 4.41. The molecule has 0 radical (unpaired) electrons. The number of benzene rings is 1. The quantitative estimate of drug-likeness (QED) is 0.736. The van der Waals surface area contributed by atoms with Crippen molar-refractivity contribution in [3.63, 3.8) is 0 Å². The van der Waals surface area contributed by atoms with Crippen LogP contribution >= 0.6 is 22.9 Å². The summed E-state index contributed by atoms with van der Waals surface area (Å²) in [6.07, 6.45) is 3.27. The number of halogens is 1. The first-order valence-electron chi connectivity index (χ1n) is 6.92. The van der Waals surface area contributed by atoms with E-state index in [-0.39, 0.29) is 5.91 Å². The second-order valence-electron chi connectivity index (χ2n) is 4.88. The average Bonchev–Trinajstić information content (AvgIpc) is 2.96. The van der Waals surface area contributed by atoms with Gasteiger partial charge >= 0.3 is 0 Å². The molecule has 0 N–H and O–H groups in total. The van der Waals surface area contributed by atoms with Crippen LogP contribution in [0.2, 0.25) is 4.34 Å². The summed E-state index contributed by atoms with van der Waals surface area (Å²) in [5.74, 6) is 1.27. The Kier molecular flexibility index (Phi) is 6.07. The molecule has 23 heavy (non-hydrogen) atoms. The molecule has 1 aromatic heterocycles. The zero-order valence-electron chi connectivity index (χ0n) is 13.2. The Morgan fingerprint density at radius 2 is 1.87 bits per heavy atom. The van der Waals surface area contributed by atoms with Crippen molar-refractivity contribution < 1.29 is 14.3 Å². The molecule has 0 aliphatic carbocycles. The molecule has 122 valence electrons. The maximum Gasteiger partial charge on any atom is 0.246 e. The number of amides is 1. The Hall–Kier alpha value is -1.98. The largest absolute Gasteiger partial charge is 0.497 e. The molecular formula is C17H18ClNO3S. The predicted octanol–water partition coefficient (Wildman–Crippen LogP) is 4.09. The molecule has 0 saturated carbocycles. The molecule has 2 rings (SSSR count). The van der Waals surface area contributed by atoms with Gasteiger partial charge in [-0.05, 0) is 35.9 Å². The molecule has 0 aliphatic rings. The number of carbonyl (C=O) groups excluding carboxylic acids is 1. The fourth-order valence-corrected chi connectivity index (χ4v) is 3.11. The van der Waals surface area contributed by atoms with Crippen molar-refractivity contribution in [2.24, 2.45) is 0 Å². The van der Waals surface area contributed by atoms with Crippen LogP contribution in [0.5, 0.6) is 11.5 Å². The molecule has 0 spiro atoms. The zero-order chi connectivity index (χ0) is 16.8. The van der Waals surface area contributed by atoms with E-state index in [2.05, 4.69) is 0 Å². The van der Waals surface area contributed by atoms with Gasteiger partial charge in [-0.2, -0.15) is 0 Å². The number of carbonyl (C=O) groups is 1. The number of likely N-dealkylation sites (N-methyl/N-ethyl adjacent to an activating group) is 1. The van der Waals surface area contributed by atoms with Crippen molar-refractivity contribution in [2.45, 2.75) is 6.54 Å². The second-order valence-corrected chi connectivity index (χ2v) is 6.68. The molecule has 0 fully saturated rings. The highest BCUT2D eigenvalue weighted by Gasteiger charge is 2.08. The van der Waals surface area contributed by atoms with Gasteiger partial charge in [0.2, 0.25) is 5.91 Å². The highest BCUT2D eigenvalue weighted by atomic mass is 35.5. The van der Waals surface area contributed by atoms with Gasteiger partial charge in [-0.1, -0.05) is 11.6 Å². The lowest BCUT2D eigenvalue weighted by atomic mass is 10.2. The van der Waals surface area contributed by atoms with Gasteiger partial charge in [0.05, 0.1) is 25.1 Å². The van der Waals surface area contributed by atoms with Gasteiger partial charge in [0, 0.05) is 24.1 Å². The molecule has 2 aromatic rings. The van der Waals surface area contributed by atoms with Crippen LogP contribution in [0.3, 0.4) is 0 Å². The summed E-state index contributed by atoms with van der Waals surface area (Å²) in [7, 11) is 4.94. The predicted molar refractivity (Wildman–Crippen MR) is 94.4 cm³/mol. The zero-order valence-corrected chi connectivity index (χ0v) is 14.8. The van der Waals surface area contributed by atoms with E-state index in [1.807, 2.05) is 24.3 Å². The van der Waals surface area contributed by atoms with Gasteiger partial charge in [-0.25, -0.2) is 0 Å². The van der Waals surface area contributed by atoms with E-state index in [1.54, 1.807) is 38.3 Å². The SMILES string of the molecule is COc1cc(/C=C/C(=O)N(C)Cc2ccc(Cl)s2)cc(OC)c1. The average molecular weight is 352 g/mol. The van der Waals surface area contributed by atoms with Crippen LogP contribution in [0.1, 0.15) is 10.4 Å². The van der Waals surface area contributed by atoms with E-state index in [1.165, 1.54) is 17.4 Å². The third-order valence-electron chi connectivity index (χ3n) is 3.19. The Labute approximate surface area is 144 Å². The third kappa shape index (κ3) is 5.01. The number of nitrogens with zero attached hydrogens (tertiary/aromatic N) is 1. The highest BCUT2D eigenvalue weighted by Crippen LogP contribution is 2.24. The summed E-state index contributed by atoms with van der Waals surface area (Å²) in [5, 5.41) is 0. The van der Waals surface area contributed by atoms with Gasteiger partial charge in [-0.3, -0.25) is 4.79 Å². The van der Waals surface area contributed by atoms with Crippen LogP contribution in [-0.4, -0.2) is 32.1 Å². The molecule has 0 aliphatic heterocycles. The van der Waals surface area contributed by atoms with Crippen LogP contribution in [-0.2, 0) is 11.3 Å². The van der Waals surface area contributed by atoms with Gasteiger partial charge in [-0.15, -0.1) is 11.3 Å². The smallest absolute Gasteiger partial charge is 0.246 e. The van der Waals surface area contributed by atoms with Gasteiger partial charge in [0.1, 0.15) is 11.5 Å². The summed E-state index contributed by atoms with van der Waals surface area (Å²) in [5.41, 5.74) is 0.835. The highest BCUT2D eigenvalue weighted by molar-refractivity contribution is 7.16. The summed E-state index contributed by atoms with van der Waals surface area (Å²) in [6, 6.07) is 9.22. The molecule has 0 saturated heterocycles. The molecule has 1 heterocycles. The molecule has 6 heteroatoms. The van der Waals surface area contributed by atoms with Gasteiger partial charge in [0.25, 0.3) is 0 Å². The number of ether oxygens (including phenoxy) is 2. The number of hydrogen-bond donors (Lipinski definition) is 0. The van der Waals surface area contributed by atoms with E-state index >= 15 is 0 Å². The van der Waals surface area contributed by atoms with Crippen molar-refractivity contribution in [2.75, 3.05) is 21.3 Å². The fraction of sp³-hybridized carbons (Fsp3) is 0.235. The van der Waals surface area contributed by atoms with Crippen molar-refractivity contribution in [1.82, 2.24) is 4.90 Å². The summed E-state index contributed by atoms with van der Waals surface area (Å²) in [4.78, 5) is 14.9. The fourth-order valence-electron chi connectivity index (χ4n) is 1.97. The van der Waals surface area contributed by atoms with E-state index in [0.29, 0.717) is 18.0 Å². The van der Waals surface area contributed by atoms with E-state index in [9.17, 15) is 4.79 Å². The Morgan fingerprint density at radius 3 is 2.39 bits per heavy atom. The van der Waals surface area contributed by atoms with Crippen molar-refractivity contribution in [1.29, 1.82) is 0 Å². The number of thiophene rings is 1. The number of methoxy groups -OCH3 is 2. The molecule has 0 bridgehead atoms. The summed E-state index contributed by atoms with van der Waals surface area (Å²) < 4.78 is 11.1. The molecule has 0 atom stereocenters. The Morgan fingerprint density at radius 1 is 1.22 bits per heavy atom. The molecule has 1 amide bonds. The van der Waals surface area contributed by atoms with E-state index < -0.39 is 0 Å². The van der Waals surface area contributed by atoms with Crippen LogP contribution in [0.4, 0.5) is 0 Å². The minimum absolute atomic E-state index is 0.0868. The molecular weight excluding hydrogens is 334 g/mol. The van der Waals surface area contributed by atoms with Gasteiger partial charge in [0.15, 0.2) is 0 Å². The molecule has 1 aromatic carbocycles. The number of hydrogen-bond acceptors (Lipinski definition) is 4. The van der Waals surface area contributed by atoms with Crippen LogP contribution in [0.15, 0.2) is 36.4 Å². The topological polar surface area (TPSA) is 38.8 Å². The normalized spacial score (nSPS) is 10.8. The maximum atomic E-state index is 12.2. The Balaban J connectivity index is 2.05. The van der Waals surface area contributed by atoms with Crippen LogP contribution in [0, 0.1) is 0 Å².